The second-order valence-electron chi connectivity index (χ2n) is 3.28. The highest BCUT2D eigenvalue weighted by Gasteiger charge is 2.11. The Bertz CT molecular complexity index is 424. The van der Waals surface area contributed by atoms with Gasteiger partial charge in [-0.1, -0.05) is 30.3 Å². The van der Waals surface area contributed by atoms with E-state index in [1.165, 1.54) is 0 Å². The first kappa shape index (κ1) is 10.3. The van der Waals surface area contributed by atoms with Gasteiger partial charge in [0.05, 0.1) is 0 Å². The minimum absolute atomic E-state index is 0.235. The molecule has 0 atom stereocenters. The Morgan fingerprint density at radius 2 is 2.12 bits per heavy atom. The summed E-state index contributed by atoms with van der Waals surface area (Å²) < 4.78 is 0. The van der Waals surface area contributed by atoms with E-state index in [4.69, 9.17) is 4.84 Å². The van der Waals surface area contributed by atoms with Crippen molar-refractivity contribution < 1.29 is 9.63 Å². The average Bonchev–Trinajstić information content (AvgIpc) is 2.38. The lowest BCUT2D eigenvalue weighted by Crippen LogP contribution is -2.28. The van der Waals surface area contributed by atoms with Crippen LogP contribution in [0.25, 0.3) is 0 Å². The van der Waals surface area contributed by atoms with Gasteiger partial charge < -0.3 is 10.2 Å². The molecule has 0 radical (unpaired) electrons. The molecular weight excluding hydrogens is 204 g/mol. The van der Waals surface area contributed by atoms with Crippen LogP contribution in [0.15, 0.2) is 54.4 Å². The van der Waals surface area contributed by atoms with Gasteiger partial charge in [0.1, 0.15) is 0 Å². The first-order valence-corrected chi connectivity index (χ1v) is 4.97. The molecule has 0 aliphatic carbocycles. The number of nitrogens with one attached hydrogen (secondary N) is 2. The number of carbonyl (C=O) groups excluding carboxylic acids is 1. The van der Waals surface area contributed by atoms with E-state index in [1.807, 2.05) is 30.3 Å². The molecule has 0 bridgehead atoms. The molecule has 1 amide bonds. The quantitative estimate of drug-likeness (QED) is 0.799. The Hall–Kier alpha value is -2.23. The molecule has 82 valence electrons. The fraction of sp³-hybridized carbons (Fsp3) is 0.0833. The van der Waals surface area contributed by atoms with Gasteiger partial charge in [-0.3, -0.25) is 4.79 Å². The van der Waals surface area contributed by atoms with Crippen molar-refractivity contribution >= 4 is 5.91 Å². The van der Waals surface area contributed by atoms with Gasteiger partial charge in [-0.05, 0) is 17.7 Å². The van der Waals surface area contributed by atoms with Gasteiger partial charge in [-0.25, -0.2) is 5.48 Å². The zero-order valence-electron chi connectivity index (χ0n) is 8.64. The van der Waals surface area contributed by atoms with Crippen molar-refractivity contribution in [2.45, 2.75) is 6.54 Å². The summed E-state index contributed by atoms with van der Waals surface area (Å²) in [6.07, 6.45) is 4.92. The highest BCUT2D eigenvalue weighted by Crippen LogP contribution is 2.02. The summed E-state index contributed by atoms with van der Waals surface area (Å²) >= 11 is 0. The maximum Gasteiger partial charge on any atom is 0.289 e. The maximum atomic E-state index is 11.6. The van der Waals surface area contributed by atoms with Gasteiger partial charge in [-0.15, -0.1) is 0 Å². The Morgan fingerprint density at radius 3 is 2.81 bits per heavy atom. The predicted octanol–water partition coefficient (Wildman–Crippen LogP) is 1.24. The van der Waals surface area contributed by atoms with Gasteiger partial charge in [0.15, 0.2) is 0 Å². The van der Waals surface area contributed by atoms with Crippen LogP contribution in [0.3, 0.4) is 0 Å². The normalized spacial score (nSPS) is 13.4. The van der Waals surface area contributed by atoms with Crippen LogP contribution >= 0.6 is 0 Å². The lowest BCUT2D eigenvalue weighted by molar-refractivity contribution is -0.122. The Labute approximate surface area is 93.6 Å². The molecule has 0 unspecified atom stereocenters. The minimum atomic E-state index is -0.235. The molecule has 2 N–H and O–H groups in total. The van der Waals surface area contributed by atoms with Gasteiger partial charge in [-0.2, -0.15) is 0 Å². The molecule has 1 heterocycles. The van der Waals surface area contributed by atoms with Crippen molar-refractivity contribution in [3.05, 3.63) is 60.0 Å². The molecule has 0 spiro atoms. The fourth-order valence-corrected chi connectivity index (χ4v) is 1.29. The lowest BCUT2D eigenvalue weighted by atomic mass is 10.2. The maximum absolute atomic E-state index is 11.6. The van der Waals surface area contributed by atoms with E-state index < -0.39 is 0 Å². The molecule has 16 heavy (non-hydrogen) atoms. The Kier molecular flexibility index (Phi) is 3.23. The molecule has 1 aliphatic heterocycles. The van der Waals surface area contributed by atoms with Gasteiger partial charge in [0, 0.05) is 12.7 Å². The highest BCUT2D eigenvalue weighted by molar-refractivity contribution is 5.91. The molecule has 0 saturated carbocycles. The summed E-state index contributed by atoms with van der Waals surface area (Å²) in [5.74, 6) is 0.0270. The number of hydrogen-bond acceptors (Lipinski definition) is 3. The Balaban J connectivity index is 1.89. The second kappa shape index (κ2) is 5.02. The molecule has 4 nitrogen and oxygen atoms in total. The van der Waals surface area contributed by atoms with E-state index >= 15 is 0 Å². The monoisotopic (exact) mass is 216 g/mol. The third-order valence-electron chi connectivity index (χ3n) is 2.10. The molecule has 1 aromatic carbocycles. The SMILES string of the molecule is O=C(NCc1ccccc1)C1=CC=CNO1. The first-order valence-electron chi connectivity index (χ1n) is 4.97. The number of hydrogen-bond donors (Lipinski definition) is 2. The van der Waals surface area contributed by atoms with Gasteiger partial charge in [0.25, 0.3) is 5.91 Å². The van der Waals surface area contributed by atoms with Gasteiger partial charge in [0.2, 0.25) is 5.76 Å². The topological polar surface area (TPSA) is 50.4 Å². The predicted molar refractivity (Wildman–Crippen MR) is 59.7 cm³/mol. The number of benzene rings is 1. The van der Waals surface area contributed by atoms with Crippen LogP contribution in [0, 0.1) is 0 Å². The van der Waals surface area contributed by atoms with Crippen molar-refractivity contribution in [2.75, 3.05) is 0 Å². The summed E-state index contributed by atoms with van der Waals surface area (Å²) in [7, 11) is 0. The van der Waals surface area contributed by atoms with Gasteiger partial charge >= 0.3 is 0 Å². The third-order valence-corrected chi connectivity index (χ3v) is 2.10. The van der Waals surface area contributed by atoms with Crippen molar-refractivity contribution in [1.29, 1.82) is 0 Å². The minimum Gasteiger partial charge on any atom is -0.377 e. The first-order chi connectivity index (χ1) is 7.86. The average molecular weight is 216 g/mol. The largest absolute Gasteiger partial charge is 0.377 e. The summed E-state index contributed by atoms with van der Waals surface area (Å²) in [5, 5.41) is 2.76. The third kappa shape index (κ3) is 2.63. The van der Waals surface area contributed by atoms with E-state index in [0.29, 0.717) is 6.54 Å². The zero-order chi connectivity index (χ0) is 11.2. The fourth-order valence-electron chi connectivity index (χ4n) is 1.29. The molecular formula is C12H12N2O2. The number of allylic oxidation sites excluding steroid dienone is 2. The van der Waals surface area contributed by atoms with E-state index in [0.717, 1.165) is 5.56 Å². The van der Waals surface area contributed by atoms with Crippen LogP contribution in [0.2, 0.25) is 0 Å². The smallest absolute Gasteiger partial charge is 0.289 e. The summed E-state index contributed by atoms with van der Waals surface area (Å²) in [4.78, 5) is 16.5. The number of carbonyl (C=O) groups is 1. The zero-order valence-corrected chi connectivity index (χ0v) is 8.64. The van der Waals surface area contributed by atoms with Crippen molar-refractivity contribution in [3.63, 3.8) is 0 Å². The van der Waals surface area contributed by atoms with E-state index in [1.54, 1.807) is 18.4 Å². The van der Waals surface area contributed by atoms with Crippen LogP contribution in [0.1, 0.15) is 5.56 Å². The number of rotatable bonds is 3. The van der Waals surface area contributed by atoms with Crippen LogP contribution in [0.5, 0.6) is 0 Å². The summed E-state index contributed by atoms with van der Waals surface area (Å²) in [5.41, 5.74) is 3.56. The Morgan fingerprint density at radius 1 is 1.31 bits per heavy atom. The van der Waals surface area contributed by atoms with Crippen LogP contribution in [-0.2, 0) is 16.2 Å². The van der Waals surface area contributed by atoms with E-state index in [2.05, 4.69) is 10.8 Å². The second-order valence-corrected chi connectivity index (χ2v) is 3.28. The highest BCUT2D eigenvalue weighted by atomic mass is 16.7. The van der Waals surface area contributed by atoms with Crippen molar-refractivity contribution in [3.8, 4) is 0 Å². The molecule has 0 fully saturated rings. The van der Waals surface area contributed by atoms with Crippen LogP contribution in [0.4, 0.5) is 0 Å². The number of amides is 1. The van der Waals surface area contributed by atoms with Crippen molar-refractivity contribution in [2.24, 2.45) is 0 Å². The van der Waals surface area contributed by atoms with Crippen LogP contribution < -0.4 is 10.8 Å². The molecule has 0 aromatic heterocycles. The standard InChI is InChI=1S/C12H12N2O2/c15-12(11-7-4-8-14-16-11)13-9-10-5-2-1-3-6-10/h1-8,14H,9H2,(H,13,15). The molecule has 1 aromatic rings. The number of hydroxylamine groups is 1. The van der Waals surface area contributed by atoms with Crippen LogP contribution in [-0.4, -0.2) is 5.91 Å². The summed E-state index contributed by atoms with van der Waals surface area (Å²) in [6.45, 7) is 0.490. The van der Waals surface area contributed by atoms with Crippen molar-refractivity contribution in [1.82, 2.24) is 10.8 Å². The van der Waals surface area contributed by atoms with E-state index in [9.17, 15) is 4.79 Å². The molecule has 1 aliphatic rings. The molecule has 2 rings (SSSR count). The molecule has 4 heteroatoms. The molecule has 0 saturated heterocycles. The lowest BCUT2D eigenvalue weighted by Gasteiger charge is -2.11. The van der Waals surface area contributed by atoms with E-state index in [-0.39, 0.29) is 11.7 Å². The summed E-state index contributed by atoms with van der Waals surface area (Å²) in [6, 6.07) is 9.71.